The fourth-order valence-electron chi connectivity index (χ4n) is 2.72. The molecule has 0 radical (unpaired) electrons. The lowest BCUT2D eigenvalue weighted by Crippen LogP contribution is -2.49. The molecule has 158 valence electrons. The molecule has 9 heteroatoms. The van der Waals surface area contributed by atoms with Crippen LogP contribution in [0, 0.1) is 0 Å². The van der Waals surface area contributed by atoms with Gasteiger partial charge < -0.3 is 19.5 Å². The fourth-order valence-corrected chi connectivity index (χ4v) is 2.72. The monoisotopic (exact) mass is 413 g/mol. The van der Waals surface area contributed by atoms with Crippen LogP contribution in [0.2, 0.25) is 0 Å². The summed E-state index contributed by atoms with van der Waals surface area (Å²) in [6, 6.07) is 13.8. The molecule has 30 heavy (non-hydrogen) atoms. The molecule has 2 atom stereocenters. The van der Waals surface area contributed by atoms with Gasteiger partial charge in [-0.05, 0) is 50.2 Å². The van der Waals surface area contributed by atoms with Gasteiger partial charge in [0.15, 0.2) is 12.2 Å². The summed E-state index contributed by atoms with van der Waals surface area (Å²) in [6.07, 6.45) is -2.10. The number of amides is 3. The summed E-state index contributed by atoms with van der Waals surface area (Å²) in [4.78, 5) is 36.3. The van der Waals surface area contributed by atoms with E-state index in [0.717, 1.165) is 0 Å². The first kappa shape index (κ1) is 21.0. The smallest absolute Gasteiger partial charge is 0.279 e. The van der Waals surface area contributed by atoms with Gasteiger partial charge in [-0.2, -0.15) is 0 Å². The highest BCUT2D eigenvalue weighted by atomic mass is 16.5. The lowest BCUT2D eigenvalue weighted by molar-refractivity contribution is -0.135. The van der Waals surface area contributed by atoms with Crippen molar-refractivity contribution in [3.8, 4) is 17.2 Å². The maximum atomic E-state index is 12.2. The van der Waals surface area contributed by atoms with Crippen molar-refractivity contribution in [3.63, 3.8) is 0 Å². The molecular weight excluding hydrogens is 390 g/mol. The van der Waals surface area contributed by atoms with Crippen LogP contribution >= 0.6 is 0 Å². The van der Waals surface area contributed by atoms with Crippen LogP contribution in [-0.4, -0.2) is 36.5 Å². The molecule has 1 heterocycles. The Morgan fingerprint density at radius 2 is 1.80 bits per heavy atom. The van der Waals surface area contributed by atoms with E-state index in [0.29, 0.717) is 29.5 Å². The minimum absolute atomic E-state index is 0.255. The highest BCUT2D eigenvalue weighted by molar-refractivity contribution is 6.00. The number of hydrogen-bond acceptors (Lipinski definition) is 6. The second kappa shape index (κ2) is 9.64. The highest BCUT2D eigenvalue weighted by Gasteiger charge is 2.29. The van der Waals surface area contributed by atoms with Crippen molar-refractivity contribution in [2.75, 3.05) is 11.9 Å². The molecule has 0 aromatic heterocycles. The Morgan fingerprint density at radius 3 is 2.53 bits per heavy atom. The number of ether oxygens (including phenoxy) is 3. The van der Waals surface area contributed by atoms with Gasteiger partial charge in [-0.1, -0.05) is 12.1 Å². The van der Waals surface area contributed by atoms with E-state index in [4.69, 9.17) is 14.2 Å². The van der Waals surface area contributed by atoms with Crippen LogP contribution < -0.4 is 30.4 Å². The van der Waals surface area contributed by atoms with E-state index in [1.54, 1.807) is 55.5 Å². The molecule has 0 spiro atoms. The molecule has 0 unspecified atom stereocenters. The molecule has 2 aromatic carbocycles. The largest absolute Gasteiger partial charge is 0.494 e. The first-order chi connectivity index (χ1) is 14.5. The van der Waals surface area contributed by atoms with Crippen LogP contribution in [-0.2, 0) is 14.4 Å². The Kier molecular flexibility index (Phi) is 6.74. The number of rotatable bonds is 7. The average molecular weight is 413 g/mol. The van der Waals surface area contributed by atoms with Gasteiger partial charge >= 0.3 is 0 Å². The van der Waals surface area contributed by atoms with E-state index in [9.17, 15) is 14.4 Å². The number of fused-ring (bicyclic) bond motifs is 1. The predicted octanol–water partition coefficient (Wildman–Crippen LogP) is 1.79. The number of anilines is 1. The van der Waals surface area contributed by atoms with Crippen LogP contribution in [0.15, 0.2) is 48.5 Å². The third-order valence-corrected chi connectivity index (χ3v) is 4.22. The van der Waals surface area contributed by atoms with Crippen molar-refractivity contribution in [3.05, 3.63) is 48.5 Å². The van der Waals surface area contributed by atoms with Gasteiger partial charge in [-0.3, -0.25) is 25.2 Å². The number of carbonyl (C=O) groups is 3. The van der Waals surface area contributed by atoms with E-state index in [1.165, 1.54) is 0 Å². The zero-order valence-electron chi connectivity index (χ0n) is 16.6. The maximum Gasteiger partial charge on any atom is 0.279 e. The Labute approximate surface area is 173 Å². The van der Waals surface area contributed by atoms with E-state index >= 15 is 0 Å². The average Bonchev–Trinajstić information content (AvgIpc) is 2.74. The third-order valence-electron chi connectivity index (χ3n) is 4.22. The number of nitrogens with one attached hydrogen (secondary N) is 3. The van der Waals surface area contributed by atoms with Gasteiger partial charge in [0.05, 0.1) is 18.7 Å². The molecule has 2 aromatic rings. The van der Waals surface area contributed by atoms with E-state index in [1.807, 2.05) is 6.92 Å². The van der Waals surface area contributed by atoms with Crippen LogP contribution in [0.5, 0.6) is 17.2 Å². The SMILES string of the molecule is CCOc1ccc(O[C@@H](C)C(=O)NNC(=O)C[C@@H]2Oc3ccccc3NC2=O)cc1. The van der Waals surface area contributed by atoms with Crippen LogP contribution in [0.1, 0.15) is 20.3 Å². The Morgan fingerprint density at radius 1 is 1.10 bits per heavy atom. The molecule has 9 nitrogen and oxygen atoms in total. The molecule has 0 fully saturated rings. The summed E-state index contributed by atoms with van der Waals surface area (Å²) >= 11 is 0. The lowest BCUT2D eigenvalue weighted by Gasteiger charge is -2.25. The van der Waals surface area contributed by atoms with E-state index in [-0.39, 0.29) is 6.42 Å². The molecule has 1 aliphatic heterocycles. The summed E-state index contributed by atoms with van der Waals surface area (Å²) in [7, 11) is 0. The number of benzene rings is 2. The predicted molar refractivity (Wildman–Crippen MR) is 108 cm³/mol. The summed E-state index contributed by atoms with van der Waals surface area (Å²) in [6.45, 7) is 3.99. The van der Waals surface area contributed by atoms with Gasteiger partial charge in [-0.25, -0.2) is 0 Å². The summed E-state index contributed by atoms with van der Waals surface area (Å²) in [5.41, 5.74) is 5.10. The molecule has 1 aliphatic rings. The highest BCUT2D eigenvalue weighted by Crippen LogP contribution is 2.29. The minimum atomic E-state index is -0.991. The Balaban J connectivity index is 1.45. The zero-order chi connectivity index (χ0) is 21.5. The van der Waals surface area contributed by atoms with Crippen molar-refractivity contribution in [2.24, 2.45) is 0 Å². The third kappa shape index (κ3) is 5.40. The van der Waals surface area contributed by atoms with Crippen molar-refractivity contribution in [1.82, 2.24) is 10.9 Å². The summed E-state index contributed by atoms with van der Waals surface area (Å²) in [5.74, 6) is 0.121. The quantitative estimate of drug-likeness (QED) is 0.596. The normalized spacial score (nSPS) is 15.7. The first-order valence-corrected chi connectivity index (χ1v) is 9.51. The molecule has 3 rings (SSSR count). The number of hydrogen-bond donors (Lipinski definition) is 3. The van der Waals surface area contributed by atoms with Crippen molar-refractivity contribution in [1.29, 1.82) is 0 Å². The zero-order valence-corrected chi connectivity index (χ0v) is 16.6. The van der Waals surface area contributed by atoms with Gasteiger partial charge in [0.2, 0.25) is 5.91 Å². The van der Waals surface area contributed by atoms with Crippen molar-refractivity contribution >= 4 is 23.4 Å². The Bertz CT molecular complexity index is 915. The number of carbonyl (C=O) groups excluding carboxylic acids is 3. The lowest BCUT2D eigenvalue weighted by atomic mass is 10.1. The van der Waals surface area contributed by atoms with Gasteiger partial charge in [0.25, 0.3) is 11.8 Å². The Hall–Kier alpha value is -3.75. The van der Waals surface area contributed by atoms with E-state index < -0.39 is 29.9 Å². The molecule has 0 saturated heterocycles. The van der Waals surface area contributed by atoms with Gasteiger partial charge in [0, 0.05) is 0 Å². The summed E-state index contributed by atoms with van der Waals surface area (Å²) in [5, 5.41) is 2.68. The van der Waals surface area contributed by atoms with Crippen molar-refractivity contribution < 1.29 is 28.6 Å². The molecule has 0 saturated carbocycles. The van der Waals surface area contributed by atoms with Crippen LogP contribution in [0.25, 0.3) is 0 Å². The second-order valence-electron chi connectivity index (χ2n) is 6.50. The molecule has 3 amide bonds. The fraction of sp³-hybridized carbons (Fsp3) is 0.286. The molecule has 0 aliphatic carbocycles. The maximum absolute atomic E-state index is 12.2. The molecule has 0 bridgehead atoms. The number of para-hydroxylation sites is 2. The molecule has 3 N–H and O–H groups in total. The van der Waals surface area contributed by atoms with Crippen molar-refractivity contribution in [2.45, 2.75) is 32.5 Å². The summed E-state index contributed by atoms with van der Waals surface area (Å²) < 4.78 is 16.4. The van der Waals surface area contributed by atoms with E-state index in [2.05, 4.69) is 16.2 Å². The standard InChI is InChI=1S/C21H23N3O6/c1-3-28-14-8-10-15(11-9-14)29-13(2)20(26)24-23-19(25)12-18-21(27)22-16-6-4-5-7-17(16)30-18/h4-11,13,18H,3,12H2,1-2H3,(H,22,27)(H,23,25)(H,24,26)/t13-,18-/m0/s1. The topological polar surface area (TPSA) is 115 Å². The van der Waals surface area contributed by atoms with Gasteiger partial charge in [-0.15, -0.1) is 0 Å². The first-order valence-electron chi connectivity index (χ1n) is 9.51. The van der Waals surface area contributed by atoms with Crippen LogP contribution in [0.4, 0.5) is 5.69 Å². The van der Waals surface area contributed by atoms with Gasteiger partial charge in [0.1, 0.15) is 17.2 Å². The second-order valence-corrected chi connectivity index (χ2v) is 6.50. The molecular formula is C21H23N3O6. The number of hydrazine groups is 1. The van der Waals surface area contributed by atoms with Crippen LogP contribution in [0.3, 0.4) is 0 Å². The minimum Gasteiger partial charge on any atom is -0.494 e.